The number of aromatic nitrogens is 1. The summed E-state index contributed by atoms with van der Waals surface area (Å²) in [6.45, 7) is 4.30. The van der Waals surface area contributed by atoms with Gasteiger partial charge in [-0.25, -0.2) is 4.98 Å². The number of methoxy groups -OCH3 is 1. The molecule has 150 valence electrons. The predicted molar refractivity (Wildman–Crippen MR) is 112 cm³/mol. The number of rotatable bonds is 9. The lowest BCUT2D eigenvalue weighted by atomic mass is 10.1. The number of aryl methyl sites for hydroxylation is 1. The zero-order chi connectivity index (χ0) is 19.8. The smallest absolute Gasteiger partial charge is 0.213 e. The van der Waals surface area contributed by atoms with Crippen molar-refractivity contribution in [3.8, 4) is 11.6 Å². The van der Waals surface area contributed by atoms with Crippen LogP contribution < -0.4 is 20.1 Å². The molecule has 1 aliphatic rings. The Bertz CT molecular complexity index is 803. The van der Waals surface area contributed by atoms with Gasteiger partial charge in [-0.3, -0.25) is 4.99 Å². The summed E-state index contributed by atoms with van der Waals surface area (Å²) in [5.41, 5.74) is 3.54. The van der Waals surface area contributed by atoms with E-state index in [1.807, 2.05) is 18.2 Å². The van der Waals surface area contributed by atoms with Crippen molar-refractivity contribution in [1.82, 2.24) is 15.6 Å². The molecule has 0 unspecified atom stereocenters. The van der Waals surface area contributed by atoms with Crippen LogP contribution in [0.15, 0.2) is 41.5 Å². The van der Waals surface area contributed by atoms with E-state index in [4.69, 9.17) is 9.47 Å². The zero-order valence-corrected chi connectivity index (χ0v) is 17.0. The normalized spacial score (nSPS) is 13.9. The van der Waals surface area contributed by atoms with E-state index in [0.29, 0.717) is 12.4 Å². The lowest BCUT2D eigenvalue weighted by molar-refractivity contribution is 0.288. The molecule has 1 aromatic carbocycles. The minimum absolute atomic E-state index is 0.662. The maximum Gasteiger partial charge on any atom is 0.213 e. The lowest BCUT2D eigenvalue weighted by Gasteiger charge is -2.14. The van der Waals surface area contributed by atoms with Crippen LogP contribution in [-0.2, 0) is 13.0 Å². The second-order valence-electron chi connectivity index (χ2n) is 7.17. The fourth-order valence-electron chi connectivity index (χ4n) is 2.95. The summed E-state index contributed by atoms with van der Waals surface area (Å²) in [5.74, 6) is 3.11. The van der Waals surface area contributed by atoms with E-state index in [0.717, 1.165) is 42.8 Å². The van der Waals surface area contributed by atoms with Gasteiger partial charge in [0.1, 0.15) is 5.75 Å². The number of aliphatic imine (C=N–C) groups is 1. The van der Waals surface area contributed by atoms with Gasteiger partial charge in [-0.1, -0.05) is 17.7 Å². The third kappa shape index (κ3) is 6.15. The maximum atomic E-state index is 5.75. The Balaban J connectivity index is 1.46. The Kier molecular flexibility index (Phi) is 7.12. The summed E-state index contributed by atoms with van der Waals surface area (Å²) in [4.78, 5) is 8.59. The van der Waals surface area contributed by atoms with Gasteiger partial charge in [0.15, 0.2) is 5.96 Å². The average Bonchev–Trinajstić information content (AvgIpc) is 3.54. The molecule has 6 nitrogen and oxygen atoms in total. The average molecular weight is 383 g/mol. The van der Waals surface area contributed by atoms with E-state index in [2.05, 4.69) is 39.7 Å². The van der Waals surface area contributed by atoms with Crippen molar-refractivity contribution in [3.05, 3.63) is 53.2 Å². The van der Waals surface area contributed by atoms with E-state index < -0.39 is 0 Å². The Morgan fingerprint density at radius 3 is 2.82 bits per heavy atom. The molecule has 0 radical (unpaired) electrons. The number of guanidine groups is 1. The molecule has 0 spiro atoms. The number of nitrogens with zero attached hydrogens (tertiary/aromatic N) is 2. The molecule has 1 aliphatic carbocycles. The third-order valence-electron chi connectivity index (χ3n) is 4.77. The van der Waals surface area contributed by atoms with Crippen LogP contribution in [0, 0.1) is 12.8 Å². The summed E-state index contributed by atoms with van der Waals surface area (Å²) < 4.78 is 11.2. The van der Waals surface area contributed by atoms with Crippen molar-refractivity contribution in [2.24, 2.45) is 10.9 Å². The summed E-state index contributed by atoms with van der Waals surface area (Å²) in [7, 11) is 3.48. The number of pyridine rings is 1. The number of hydrogen-bond acceptors (Lipinski definition) is 4. The number of ether oxygens (including phenoxy) is 2. The van der Waals surface area contributed by atoms with Gasteiger partial charge < -0.3 is 20.1 Å². The van der Waals surface area contributed by atoms with Gasteiger partial charge in [0.25, 0.3) is 0 Å². The lowest BCUT2D eigenvalue weighted by Crippen LogP contribution is -2.37. The van der Waals surface area contributed by atoms with E-state index >= 15 is 0 Å². The van der Waals surface area contributed by atoms with Crippen molar-refractivity contribution >= 4 is 5.96 Å². The monoisotopic (exact) mass is 382 g/mol. The van der Waals surface area contributed by atoms with Crippen LogP contribution >= 0.6 is 0 Å². The first-order chi connectivity index (χ1) is 13.7. The summed E-state index contributed by atoms with van der Waals surface area (Å²) in [6.07, 6.45) is 5.20. The molecule has 6 heteroatoms. The van der Waals surface area contributed by atoms with Crippen LogP contribution in [0.4, 0.5) is 0 Å². The Hall–Kier alpha value is -2.76. The second kappa shape index (κ2) is 9.97. The molecule has 28 heavy (non-hydrogen) atoms. The molecule has 0 atom stereocenters. The van der Waals surface area contributed by atoms with Crippen molar-refractivity contribution in [3.63, 3.8) is 0 Å². The van der Waals surface area contributed by atoms with Crippen molar-refractivity contribution in [2.45, 2.75) is 32.7 Å². The molecule has 0 bridgehead atoms. The van der Waals surface area contributed by atoms with Crippen LogP contribution in [0.5, 0.6) is 11.6 Å². The third-order valence-corrected chi connectivity index (χ3v) is 4.77. The Morgan fingerprint density at radius 2 is 2.07 bits per heavy atom. The zero-order valence-electron chi connectivity index (χ0n) is 17.0. The quantitative estimate of drug-likeness (QED) is 0.515. The van der Waals surface area contributed by atoms with Gasteiger partial charge in [0.2, 0.25) is 5.88 Å². The second-order valence-corrected chi connectivity index (χ2v) is 7.17. The summed E-state index contributed by atoms with van der Waals surface area (Å²) in [6, 6.07) is 10.2. The van der Waals surface area contributed by atoms with Gasteiger partial charge in [-0.2, -0.15) is 0 Å². The highest BCUT2D eigenvalue weighted by atomic mass is 16.5. The van der Waals surface area contributed by atoms with E-state index in [1.54, 1.807) is 20.4 Å². The van der Waals surface area contributed by atoms with Crippen molar-refractivity contribution in [2.75, 3.05) is 27.3 Å². The molecule has 1 aromatic heterocycles. The van der Waals surface area contributed by atoms with Crippen LogP contribution in [0.25, 0.3) is 0 Å². The van der Waals surface area contributed by atoms with Crippen LogP contribution in [0.2, 0.25) is 0 Å². The van der Waals surface area contributed by atoms with Crippen LogP contribution in [0.1, 0.15) is 29.5 Å². The van der Waals surface area contributed by atoms with Gasteiger partial charge >= 0.3 is 0 Å². The first kappa shape index (κ1) is 20.0. The van der Waals surface area contributed by atoms with Crippen LogP contribution in [-0.4, -0.2) is 38.3 Å². The summed E-state index contributed by atoms with van der Waals surface area (Å²) >= 11 is 0. The molecule has 0 amide bonds. The molecule has 1 fully saturated rings. The number of hydrogen-bond donors (Lipinski definition) is 2. The standard InChI is InChI=1S/C22H30N4O2/c1-16-4-7-20(27-3)19(12-16)9-11-25-22(23-2)26-14-18-8-10-24-21(13-18)28-15-17-5-6-17/h4,7-8,10,12-13,17H,5-6,9,11,14-15H2,1-3H3,(H2,23,25,26). The van der Waals surface area contributed by atoms with Gasteiger partial charge in [-0.15, -0.1) is 0 Å². The van der Waals surface area contributed by atoms with Crippen LogP contribution in [0.3, 0.4) is 0 Å². The van der Waals surface area contributed by atoms with Crippen molar-refractivity contribution in [1.29, 1.82) is 0 Å². The summed E-state index contributed by atoms with van der Waals surface area (Å²) in [5, 5.41) is 6.70. The fourth-order valence-corrected chi connectivity index (χ4v) is 2.95. The molecule has 1 saturated carbocycles. The van der Waals surface area contributed by atoms with Gasteiger partial charge in [-0.05, 0) is 55.4 Å². The highest BCUT2D eigenvalue weighted by Gasteiger charge is 2.22. The van der Waals surface area contributed by atoms with Crippen molar-refractivity contribution < 1.29 is 9.47 Å². The highest BCUT2D eigenvalue weighted by molar-refractivity contribution is 5.79. The van der Waals surface area contributed by atoms with E-state index in [-0.39, 0.29) is 0 Å². The number of nitrogens with one attached hydrogen (secondary N) is 2. The Morgan fingerprint density at radius 1 is 1.21 bits per heavy atom. The molecule has 2 N–H and O–H groups in total. The first-order valence-corrected chi connectivity index (χ1v) is 9.83. The predicted octanol–water partition coefficient (Wildman–Crippen LogP) is 3.10. The largest absolute Gasteiger partial charge is 0.496 e. The minimum Gasteiger partial charge on any atom is -0.496 e. The maximum absolute atomic E-state index is 5.75. The fraction of sp³-hybridized carbons (Fsp3) is 0.455. The SMILES string of the molecule is CN=C(NCCc1cc(C)ccc1OC)NCc1ccnc(OCC2CC2)c1. The topological polar surface area (TPSA) is 67.8 Å². The van der Waals surface area contributed by atoms with E-state index in [9.17, 15) is 0 Å². The number of benzene rings is 1. The van der Waals surface area contributed by atoms with E-state index in [1.165, 1.54) is 24.0 Å². The molecular weight excluding hydrogens is 352 g/mol. The minimum atomic E-state index is 0.662. The molecule has 1 heterocycles. The molecule has 0 aliphatic heterocycles. The molecule has 0 saturated heterocycles. The van der Waals surface area contributed by atoms with Gasteiger partial charge in [0, 0.05) is 32.4 Å². The molecule has 3 rings (SSSR count). The van der Waals surface area contributed by atoms with Gasteiger partial charge in [0.05, 0.1) is 13.7 Å². The highest BCUT2D eigenvalue weighted by Crippen LogP contribution is 2.29. The molecular formula is C22H30N4O2. The Labute approximate surface area is 167 Å². The first-order valence-electron chi connectivity index (χ1n) is 9.83. The molecule has 2 aromatic rings.